The number of hydrogen-bond donors (Lipinski definition) is 0. The van der Waals surface area contributed by atoms with Crippen LogP contribution in [-0.4, -0.2) is 4.98 Å². The van der Waals surface area contributed by atoms with E-state index in [-0.39, 0.29) is 5.41 Å². The third-order valence-electron chi connectivity index (χ3n) is 13.9. The Morgan fingerprint density at radius 1 is 0.333 bits per heavy atom. The Morgan fingerprint density at radius 2 is 0.778 bits per heavy atom. The van der Waals surface area contributed by atoms with Gasteiger partial charge >= 0.3 is 0 Å². The highest BCUT2D eigenvalue weighted by molar-refractivity contribution is 6.16. The van der Waals surface area contributed by atoms with Gasteiger partial charge in [-0.3, -0.25) is 0 Å². The van der Waals surface area contributed by atoms with Crippen LogP contribution in [0.2, 0.25) is 0 Å². The van der Waals surface area contributed by atoms with Crippen molar-refractivity contribution in [3.63, 3.8) is 0 Å². The van der Waals surface area contributed by atoms with Crippen molar-refractivity contribution in [1.82, 2.24) is 4.98 Å². The fourth-order valence-electron chi connectivity index (χ4n) is 10.7. The third-order valence-corrected chi connectivity index (χ3v) is 13.9. The summed E-state index contributed by atoms with van der Waals surface area (Å²) in [6.45, 7) is 4.73. The van der Waals surface area contributed by atoms with Crippen LogP contribution in [0.15, 0.2) is 212 Å². The van der Waals surface area contributed by atoms with Gasteiger partial charge in [0, 0.05) is 16.4 Å². The van der Waals surface area contributed by atoms with Gasteiger partial charge in [-0.1, -0.05) is 166 Å². The second-order valence-corrected chi connectivity index (χ2v) is 18.0. The normalized spacial score (nSPS) is 13.0. The number of rotatable bonds is 4. The van der Waals surface area contributed by atoms with Crippen molar-refractivity contribution in [2.45, 2.75) is 19.3 Å². The van der Waals surface area contributed by atoms with Gasteiger partial charge in [0.25, 0.3) is 0 Å². The molecule has 1 nitrogen and oxygen atoms in total. The van der Waals surface area contributed by atoms with E-state index >= 15 is 0 Å². The molecule has 12 aromatic rings. The van der Waals surface area contributed by atoms with Gasteiger partial charge < -0.3 is 0 Å². The molecule has 0 spiro atoms. The number of benzene rings is 11. The number of fused-ring (bicyclic) bond motifs is 10. The van der Waals surface area contributed by atoms with Crippen LogP contribution < -0.4 is 0 Å². The Kier molecular flexibility index (Phi) is 7.72. The molecule has 0 amide bonds. The average Bonchev–Trinajstić information content (AvgIpc) is 3.56. The summed E-state index contributed by atoms with van der Waals surface area (Å²) in [5.74, 6) is 0. The van der Waals surface area contributed by atoms with Crippen molar-refractivity contribution < 1.29 is 0 Å². The highest BCUT2D eigenvalue weighted by atomic mass is 14.7. The van der Waals surface area contributed by atoms with Crippen LogP contribution in [0.1, 0.15) is 25.0 Å². The standard InChI is InChI=1S/C62H41N/c1-62(2)56-18-10-9-17-55(56)61-60(62)58(59-54-16-8-7-11-39(54)27-28-57(59)63-61)40-21-19-38(20-22-40)49-35-52(47-25-23-45-29-41-12-3-5-14-43(41)31-50(45)33-47)37-53(36-49)48-26-24-46-30-42-13-4-6-15-44(42)32-51(46)34-48/h3-37H,1-2H3. The minimum absolute atomic E-state index is 0.223. The van der Waals surface area contributed by atoms with Crippen molar-refractivity contribution in [1.29, 1.82) is 0 Å². The molecular weight excluding hydrogens is 759 g/mol. The van der Waals surface area contributed by atoms with Crippen LogP contribution in [0.25, 0.3) is 121 Å². The van der Waals surface area contributed by atoms with E-state index in [1.165, 1.54) is 120 Å². The molecule has 0 bridgehead atoms. The van der Waals surface area contributed by atoms with Gasteiger partial charge in [-0.05, 0) is 170 Å². The highest BCUT2D eigenvalue weighted by Gasteiger charge is 2.39. The van der Waals surface area contributed by atoms with E-state index in [2.05, 4.69) is 226 Å². The summed E-state index contributed by atoms with van der Waals surface area (Å²) >= 11 is 0. The maximum Gasteiger partial charge on any atom is 0.0759 e. The molecule has 1 aliphatic rings. The lowest BCUT2D eigenvalue weighted by Crippen LogP contribution is -2.16. The van der Waals surface area contributed by atoms with E-state index in [4.69, 9.17) is 4.98 Å². The maximum atomic E-state index is 5.44. The zero-order valence-electron chi connectivity index (χ0n) is 35.2. The molecule has 0 atom stereocenters. The highest BCUT2D eigenvalue weighted by Crippen LogP contribution is 2.54. The van der Waals surface area contributed by atoms with Crippen LogP contribution in [0.5, 0.6) is 0 Å². The van der Waals surface area contributed by atoms with Gasteiger partial charge in [-0.15, -0.1) is 0 Å². The quantitative estimate of drug-likeness (QED) is 0.128. The molecule has 0 fully saturated rings. The molecule has 11 aromatic carbocycles. The molecular formula is C62H41N. The Bertz CT molecular complexity index is 3730. The Morgan fingerprint density at radius 3 is 1.38 bits per heavy atom. The van der Waals surface area contributed by atoms with E-state index in [0.29, 0.717) is 0 Å². The number of pyridine rings is 1. The molecule has 294 valence electrons. The summed E-state index contributed by atoms with van der Waals surface area (Å²) in [5.41, 5.74) is 15.4. The Labute approximate surface area is 366 Å². The van der Waals surface area contributed by atoms with Crippen LogP contribution in [-0.2, 0) is 5.41 Å². The molecule has 0 unspecified atom stereocenters. The summed E-state index contributed by atoms with van der Waals surface area (Å²) in [7, 11) is 0. The molecule has 1 aromatic heterocycles. The summed E-state index contributed by atoms with van der Waals surface area (Å²) in [5, 5.41) is 13.7. The van der Waals surface area contributed by atoms with Crippen molar-refractivity contribution in [2.24, 2.45) is 0 Å². The van der Waals surface area contributed by atoms with Gasteiger partial charge in [0.2, 0.25) is 0 Å². The Balaban J connectivity index is 1.000. The van der Waals surface area contributed by atoms with Gasteiger partial charge in [-0.25, -0.2) is 4.98 Å². The molecule has 0 N–H and O–H groups in total. The van der Waals surface area contributed by atoms with Crippen LogP contribution in [0.3, 0.4) is 0 Å². The van der Waals surface area contributed by atoms with Gasteiger partial charge in [0.05, 0.1) is 11.2 Å². The predicted octanol–water partition coefficient (Wildman–Crippen LogP) is 17.0. The average molecular weight is 800 g/mol. The first-order chi connectivity index (χ1) is 30.9. The van der Waals surface area contributed by atoms with Crippen molar-refractivity contribution >= 4 is 64.8 Å². The van der Waals surface area contributed by atoms with Gasteiger partial charge in [0.1, 0.15) is 0 Å². The molecule has 13 rings (SSSR count). The molecule has 63 heavy (non-hydrogen) atoms. The van der Waals surface area contributed by atoms with Crippen LogP contribution in [0.4, 0.5) is 0 Å². The van der Waals surface area contributed by atoms with Crippen molar-refractivity contribution in [3.8, 4) is 55.8 Å². The molecule has 0 radical (unpaired) electrons. The molecule has 0 saturated heterocycles. The van der Waals surface area contributed by atoms with Crippen LogP contribution in [0, 0.1) is 0 Å². The number of nitrogens with zero attached hydrogens (tertiary/aromatic N) is 1. The van der Waals surface area contributed by atoms with Gasteiger partial charge in [-0.2, -0.15) is 0 Å². The smallest absolute Gasteiger partial charge is 0.0759 e. The van der Waals surface area contributed by atoms with E-state index in [1.54, 1.807) is 0 Å². The fraction of sp³-hybridized carbons (Fsp3) is 0.0484. The number of aromatic nitrogens is 1. The van der Waals surface area contributed by atoms with Crippen LogP contribution >= 0.6 is 0 Å². The van der Waals surface area contributed by atoms with E-state index in [1.807, 2.05) is 0 Å². The molecule has 0 saturated carbocycles. The molecule has 0 aliphatic heterocycles. The second kappa shape index (κ2) is 13.6. The van der Waals surface area contributed by atoms with Crippen molar-refractivity contribution in [2.75, 3.05) is 0 Å². The summed E-state index contributed by atoms with van der Waals surface area (Å²) < 4.78 is 0. The topological polar surface area (TPSA) is 12.9 Å². The first-order valence-electron chi connectivity index (χ1n) is 22.0. The SMILES string of the molecule is CC1(C)c2ccccc2-c2nc3ccc4ccccc4c3c(-c3ccc(-c4cc(-c5ccc6cc7ccccc7cc6c5)cc(-c5ccc6cc7ccccc7cc6c5)c4)cc3)c21. The fourth-order valence-corrected chi connectivity index (χ4v) is 10.7. The van der Waals surface area contributed by atoms with Gasteiger partial charge in [0.15, 0.2) is 0 Å². The first kappa shape index (κ1) is 35.8. The lowest BCUT2D eigenvalue weighted by molar-refractivity contribution is 0.662. The third kappa shape index (κ3) is 5.67. The minimum Gasteiger partial charge on any atom is -0.247 e. The lowest BCUT2D eigenvalue weighted by atomic mass is 9.78. The molecule has 1 aliphatic carbocycles. The Hall–Kier alpha value is -7.87. The first-order valence-corrected chi connectivity index (χ1v) is 22.0. The van der Waals surface area contributed by atoms with E-state index in [9.17, 15) is 0 Å². The lowest BCUT2D eigenvalue weighted by Gasteiger charge is -2.25. The minimum atomic E-state index is -0.223. The summed E-state index contributed by atoms with van der Waals surface area (Å²) in [6, 6.07) is 78.9. The summed E-state index contributed by atoms with van der Waals surface area (Å²) in [4.78, 5) is 5.44. The van der Waals surface area contributed by atoms with E-state index in [0.717, 1.165) is 11.2 Å². The second-order valence-electron chi connectivity index (χ2n) is 18.0. The summed E-state index contributed by atoms with van der Waals surface area (Å²) in [6.07, 6.45) is 0. The largest absolute Gasteiger partial charge is 0.247 e. The predicted molar refractivity (Wildman–Crippen MR) is 269 cm³/mol. The zero-order valence-corrected chi connectivity index (χ0v) is 35.2. The molecule has 1 heteroatoms. The molecule has 1 heterocycles. The maximum absolute atomic E-state index is 5.44. The number of hydrogen-bond acceptors (Lipinski definition) is 1. The van der Waals surface area contributed by atoms with E-state index < -0.39 is 0 Å². The zero-order chi connectivity index (χ0) is 41.8. The monoisotopic (exact) mass is 799 g/mol. The van der Waals surface area contributed by atoms with Crippen molar-refractivity contribution in [3.05, 3.63) is 223 Å².